The zero-order valence-corrected chi connectivity index (χ0v) is 19.4. The molecule has 0 fully saturated rings. The van der Waals surface area contributed by atoms with Crippen LogP contribution < -0.4 is 20.9 Å². The summed E-state index contributed by atoms with van der Waals surface area (Å²) in [4.78, 5) is 35.9. The van der Waals surface area contributed by atoms with Gasteiger partial charge in [-0.15, -0.1) is 0 Å². The van der Waals surface area contributed by atoms with Crippen molar-refractivity contribution in [3.63, 3.8) is 0 Å². The minimum absolute atomic E-state index is 0.141. The largest absolute Gasteiger partial charge is 0.489 e. The highest BCUT2D eigenvalue weighted by Gasteiger charge is 2.11. The molecule has 0 radical (unpaired) electrons. The number of nitrogens with zero attached hydrogens (tertiary/aromatic N) is 2. The summed E-state index contributed by atoms with van der Waals surface area (Å²) in [5, 5.41) is 6.70. The molecule has 2 aromatic carbocycles. The Kier molecular flexibility index (Phi) is 7.18. The number of benzene rings is 2. The fraction of sp³-hybridized carbons (Fsp3) is 0.154. The summed E-state index contributed by atoms with van der Waals surface area (Å²) >= 11 is 0. The fourth-order valence-corrected chi connectivity index (χ4v) is 3.56. The van der Waals surface area contributed by atoms with Crippen LogP contribution in [0.4, 0.5) is 17.3 Å². The number of rotatable bonds is 9. The topological polar surface area (TPSA) is 118 Å². The van der Waals surface area contributed by atoms with Gasteiger partial charge in [0.15, 0.2) is 0 Å². The number of nitrogens with one attached hydrogen (secondary N) is 3. The van der Waals surface area contributed by atoms with Crippen molar-refractivity contribution in [3.8, 4) is 16.9 Å². The average molecular weight is 472 g/mol. The third-order valence-electron chi connectivity index (χ3n) is 5.26. The number of aryl methyl sites for hydroxylation is 1. The summed E-state index contributed by atoms with van der Waals surface area (Å²) in [7, 11) is 1.59. The number of fused-ring (bicyclic) bond motifs is 1. The predicted molar refractivity (Wildman–Crippen MR) is 136 cm³/mol. The Morgan fingerprint density at radius 2 is 2.03 bits per heavy atom. The van der Waals surface area contributed by atoms with E-state index >= 15 is 0 Å². The van der Waals surface area contributed by atoms with Crippen LogP contribution in [0.5, 0.6) is 5.75 Å². The molecule has 2 heterocycles. The molecule has 0 aliphatic carbocycles. The zero-order chi connectivity index (χ0) is 24.8. The summed E-state index contributed by atoms with van der Waals surface area (Å²) in [5.41, 5.74) is 4.02. The third kappa shape index (κ3) is 5.53. The molecule has 2 aromatic heterocycles. The van der Waals surface area contributed by atoms with Crippen LogP contribution >= 0.6 is 0 Å². The predicted octanol–water partition coefficient (Wildman–Crippen LogP) is 4.19. The lowest BCUT2D eigenvalue weighted by Gasteiger charge is -2.14. The first kappa shape index (κ1) is 23.7. The maximum absolute atomic E-state index is 12.3. The number of hydrogen-bond acceptors (Lipinski definition) is 7. The Morgan fingerprint density at radius 3 is 2.80 bits per heavy atom. The van der Waals surface area contributed by atoms with E-state index in [1.165, 1.54) is 6.08 Å². The van der Waals surface area contributed by atoms with Crippen molar-refractivity contribution in [3.05, 3.63) is 83.4 Å². The number of hydrogen-bond donors (Lipinski definition) is 3. The molecule has 0 saturated carbocycles. The molecule has 4 rings (SSSR count). The van der Waals surface area contributed by atoms with Crippen molar-refractivity contribution >= 4 is 34.1 Å². The number of H-pyrrole nitrogens is 1. The highest BCUT2D eigenvalue weighted by molar-refractivity contribution is 6.00. The number of pyridine rings is 1. The smallest absolute Gasteiger partial charge is 0.256 e. The van der Waals surface area contributed by atoms with E-state index < -0.39 is 0 Å². The van der Waals surface area contributed by atoms with Gasteiger partial charge in [-0.1, -0.05) is 12.6 Å². The summed E-state index contributed by atoms with van der Waals surface area (Å²) in [6.07, 6.45) is 4.52. The normalized spacial score (nSPS) is 10.7. The SMILES string of the molecule is C=CC(=O)Nc1cc(Nc2ncc3cc(-c4c(C)cc[nH]c4=O)ccc3n2)ccc1OCCOC. The molecule has 9 nitrogen and oxygen atoms in total. The molecule has 35 heavy (non-hydrogen) atoms. The van der Waals surface area contributed by atoms with Crippen molar-refractivity contribution in [1.29, 1.82) is 0 Å². The highest BCUT2D eigenvalue weighted by atomic mass is 16.5. The molecule has 1 amide bonds. The number of anilines is 3. The molecule has 0 bridgehead atoms. The lowest BCUT2D eigenvalue weighted by Crippen LogP contribution is -2.11. The molecule has 0 saturated heterocycles. The number of carbonyl (C=O) groups excluding carboxylic acids is 1. The van der Waals surface area contributed by atoms with E-state index in [-0.39, 0.29) is 11.5 Å². The van der Waals surface area contributed by atoms with Gasteiger partial charge in [0.25, 0.3) is 5.56 Å². The van der Waals surface area contributed by atoms with Gasteiger partial charge < -0.3 is 25.1 Å². The standard InChI is InChI=1S/C26H25N5O4/c1-4-23(32)30-21-14-19(6-8-22(21)35-12-11-34-3)29-26-28-15-18-13-17(5-7-20(18)31-26)24-16(2)9-10-27-25(24)33/h4-10,13-15H,1,11-12H2,2-3H3,(H,27,33)(H,30,32)(H,28,29,31). The number of aromatic nitrogens is 3. The number of carbonyl (C=O) groups is 1. The number of amides is 1. The van der Waals surface area contributed by atoms with Crippen molar-refractivity contribution in [2.45, 2.75) is 6.92 Å². The van der Waals surface area contributed by atoms with Crippen LogP contribution in [-0.2, 0) is 9.53 Å². The van der Waals surface area contributed by atoms with Gasteiger partial charge in [-0.05, 0) is 60.5 Å². The van der Waals surface area contributed by atoms with Gasteiger partial charge in [0.05, 0.1) is 17.8 Å². The monoisotopic (exact) mass is 471 g/mol. The first-order valence-electron chi connectivity index (χ1n) is 10.9. The molecule has 0 spiro atoms. The third-order valence-corrected chi connectivity index (χ3v) is 5.26. The van der Waals surface area contributed by atoms with E-state index in [0.717, 1.165) is 22.0 Å². The Bertz CT molecular complexity index is 1450. The summed E-state index contributed by atoms with van der Waals surface area (Å²) in [6, 6.07) is 12.7. The average Bonchev–Trinajstić information content (AvgIpc) is 2.85. The van der Waals surface area contributed by atoms with Crippen LogP contribution in [0.1, 0.15) is 5.56 Å². The van der Waals surface area contributed by atoms with Gasteiger partial charge in [0, 0.05) is 36.1 Å². The maximum Gasteiger partial charge on any atom is 0.256 e. The van der Waals surface area contributed by atoms with E-state index in [4.69, 9.17) is 9.47 Å². The number of ether oxygens (including phenoxy) is 2. The quantitative estimate of drug-likeness (QED) is 0.247. The van der Waals surface area contributed by atoms with E-state index in [2.05, 4.69) is 32.2 Å². The van der Waals surface area contributed by atoms with Crippen LogP contribution in [0, 0.1) is 6.92 Å². The molecule has 0 aliphatic rings. The van der Waals surface area contributed by atoms with Crippen molar-refractivity contribution in [1.82, 2.24) is 15.0 Å². The summed E-state index contributed by atoms with van der Waals surface area (Å²) < 4.78 is 10.7. The Balaban J connectivity index is 1.60. The van der Waals surface area contributed by atoms with Gasteiger partial charge in [-0.2, -0.15) is 0 Å². The van der Waals surface area contributed by atoms with Crippen LogP contribution in [0.2, 0.25) is 0 Å². The second-order valence-corrected chi connectivity index (χ2v) is 7.70. The number of methoxy groups -OCH3 is 1. The maximum atomic E-state index is 12.3. The lowest BCUT2D eigenvalue weighted by molar-refractivity contribution is -0.111. The fourth-order valence-electron chi connectivity index (χ4n) is 3.56. The lowest BCUT2D eigenvalue weighted by atomic mass is 10.0. The van der Waals surface area contributed by atoms with Gasteiger partial charge >= 0.3 is 0 Å². The van der Waals surface area contributed by atoms with Gasteiger partial charge in [-0.3, -0.25) is 9.59 Å². The summed E-state index contributed by atoms with van der Waals surface area (Å²) in [5.74, 6) is 0.526. The molecule has 178 valence electrons. The minimum atomic E-state index is -0.357. The van der Waals surface area contributed by atoms with Gasteiger partial charge in [0.2, 0.25) is 11.9 Å². The Morgan fingerprint density at radius 1 is 1.17 bits per heavy atom. The molecule has 9 heteroatoms. The first-order valence-corrected chi connectivity index (χ1v) is 10.9. The number of aromatic amines is 1. The molecular formula is C26H25N5O4. The molecule has 0 atom stereocenters. The van der Waals surface area contributed by atoms with Gasteiger partial charge in [-0.25, -0.2) is 9.97 Å². The molecule has 3 N–H and O–H groups in total. The van der Waals surface area contributed by atoms with E-state index in [1.807, 2.05) is 31.2 Å². The van der Waals surface area contributed by atoms with Crippen LogP contribution in [0.15, 0.2) is 72.3 Å². The Labute approximate surface area is 201 Å². The molecule has 0 aliphatic heterocycles. The van der Waals surface area contributed by atoms with E-state index in [9.17, 15) is 9.59 Å². The summed E-state index contributed by atoms with van der Waals surface area (Å²) in [6.45, 7) is 6.14. The van der Waals surface area contributed by atoms with Crippen LogP contribution in [0.3, 0.4) is 0 Å². The van der Waals surface area contributed by atoms with Crippen molar-refractivity contribution in [2.24, 2.45) is 0 Å². The Hall–Kier alpha value is -4.50. The van der Waals surface area contributed by atoms with E-state index in [1.54, 1.807) is 37.7 Å². The van der Waals surface area contributed by atoms with E-state index in [0.29, 0.717) is 41.8 Å². The van der Waals surface area contributed by atoms with Crippen molar-refractivity contribution in [2.75, 3.05) is 31.0 Å². The highest BCUT2D eigenvalue weighted by Crippen LogP contribution is 2.30. The van der Waals surface area contributed by atoms with Crippen LogP contribution in [-0.4, -0.2) is 41.2 Å². The minimum Gasteiger partial charge on any atom is -0.489 e. The molecule has 4 aromatic rings. The molecular weight excluding hydrogens is 446 g/mol. The second kappa shape index (κ2) is 10.6. The second-order valence-electron chi connectivity index (χ2n) is 7.70. The molecule has 0 unspecified atom stereocenters. The van der Waals surface area contributed by atoms with Gasteiger partial charge in [0.1, 0.15) is 12.4 Å². The first-order chi connectivity index (χ1) is 17.0. The van der Waals surface area contributed by atoms with Crippen LogP contribution in [0.25, 0.3) is 22.0 Å². The van der Waals surface area contributed by atoms with Crippen molar-refractivity contribution < 1.29 is 14.3 Å². The zero-order valence-electron chi connectivity index (χ0n) is 19.4.